The van der Waals surface area contributed by atoms with Gasteiger partial charge in [0.1, 0.15) is 7.85 Å². The van der Waals surface area contributed by atoms with Crippen LogP contribution in [0.25, 0.3) is 0 Å². The molecule has 0 heterocycles. The largest absolute Gasteiger partial charge is 0.349 e. The Morgan fingerprint density at radius 3 is 2.87 bits per heavy atom. The molecule has 0 aliphatic heterocycles. The summed E-state index contributed by atoms with van der Waals surface area (Å²) < 4.78 is 0. The Hall–Kier alpha value is -1.51. The second-order valence-corrected chi connectivity index (χ2v) is 3.35. The fraction of sp³-hybridized carbons (Fsp3) is 0.250. The van der Waals surface area contributed by atoms with E-state index in [-0.39, 0.29) is 5.91 Å². The van der Waals surface area contributed by atoms with Crippen molar-refractivity contribution in [2.45, 2.75) is 13.8 Å². The van der Waals surface area contributed by atoms with Gasteiger partial charge in [-0.15, -0.1) is 0 Å². The quantitative estimate of drug-likeness (QED) is 0.573. The maximum absolute atomic E-state index is 11.7. The minimum atomic E-state index is -0.0643. The first-order chi connectivity index (χ1) is 7.15. The lowest BCUT2D eigenvalue weighted by Gasteiger charge is -2.06. The van der Waals surface area contributed by atoms with Crippen LogP contribution in [0.15, 0.2) is 30.4 Å². The highest BCUT2D eigenvalue weighted by Crippen LogP contribution is 2.04. The van der Waals surface area contributed by atoms with Crippen LogP contribution >= 0.6 is 0 Å². The number of nitrogens with one attached hydrogen (secondary N) is 1. The SMILES string of the molecule is [B]c1ccc(C(=O)NC/C=C/C)c(C)c1. The molecule has 76 valence electrons. The van der Waals surface area contributed by atoms with Crippen molar-refractivity contribution < 1.29 is 4.79 Å². The molecule has 0 saturated heterocycles. The molecule has 0 unspecified atom stereocenters. The van der Waals surface area contributed by atoms with E-state index in [1.54, 1.807) is 18.2 Å². The van der Waals surface area contributed by atoms with Crippen molar-refractivity contribution in [1.82, 2.24) is 5.32 Å². The van der Waals surface area contributed by atoms with Gasteiger partial charge in [-0.05, 0) is 25.5 Å². The van der Waals surface area contributed by atoms with E-state index in [4.69, 9.17) is 7.85 Å². The van der Waals surface area contributed by atoms with Gasteiger partial charge in [-0.3, -0.25) is 4.79 Å². The standard InChI is InChI=1S/C12H14BNO/c1-3-4-7-14-12(15)11-6-5-10(13)8-9(11)2/h3-6,8H,7H2,1-2H3,(H,14,15)/b4-3+. The molecule has 0 saturated carbocycles. The number of allylic oxidation sites excluding steroid dienone is 1. The van der Waals surface area contributed by atoms with E-state index in [2.05, 4.69) is 5.32 Å². The number of aryl methyl sites for hydroxylation is 1. The van der Waals surface area contributed by atoms with E-state index >= 15 is 0 Å². The van der Waals surface area contributed by atoms with Crippen LogP contribution in [0.5, 0.6) is 0 Å². The summed E-state index contributed by atoms with van der Waals surface area (Å²) in [5, 5.41) is 2.79. The molecule has 0 aliphatic rings. The maximum atomic E-state index is 11.7. The molecule has 0 aromatic heterocycles. The van der Waals surface area contributed by atoms with Gasteiger partial charge in [0, 0.05) is 12.1 Å². The lowest BCUT2D eigenvalue weighted by Crippen LogP contribution is -2.24. The van der Waals surface area contributed by atoms with E-state index in [1.807, 2.05) is 26.0 Å². The van der Waals surface area contributed by atoms with E-state index in [0.717, 1.165) is 5.56 Å². The third-order valence-corrected chi connectivity index (χ3v) is 2.11. The highest BCUT2D eigenvalue weighted by atomic mass is 16.1. The Morgan fingerprint density at radius 1 is 1.53 bits per heavy atom. The van der Waals surface area contributed by atoms with E-state index in [0.29, 0.717) is 17.6 Å². The molecular formula is C12H14BNO. The number of rotatable bonds is 3. The highest BCUT2D eigenvalue weighted by molar-refractivity contribution is 6.32. The Balaban J connectivity index is 2.73. The molecule has 3 heteroatoms. The molecule has 1 rings (SSSR count). The first-order valence-corrected chi connectivity index (χ1v) is 4.90. The molecule has 0 fully saturated rings. The highest BCUT2D eigenvalue weighted by Gasteiger charge is 2.06. The summed E-state index contributed by atoms with van der Waals surface area (Å²) in [6.45, 7) is 4.35. The Morgan fingerprint density at radius 2 is 2.27 bits per heavy atom. The van der Waals surface area contributed by atoms with Crippen molar-refractivity contribution >= 4 is 19.2 Å². The van der Waals surface area contributed by atoms with Crippen molar-refractivity contribution in [2.75, 3.05) is 6.54 Å². The number of amides is 1. The lowest BCUT2D eigenvalue weighted by atomic mass is 9.92. The summed E-state index contributed by atoms with van der Waals surface area (Å²) in [7, 11) is 5.61. The van der Waals surface area contributed by atoms with Gasteiger partial charge >= 0.3 is 0 Å². The molecule has 2 radical (unpaired) electrons. The van der Waals surface area contributed by atoms with E-state index in [1.165, 1.54) is 0 Å². The van der Waals surface area contributed by atoms with Gasteiger partial charge in [0.15, 0.2) is 0 Å². The molecule has 1 aromatic rings. The van der Waals surface area contributed by atoms with Gasteiger partial charge in [0.2, 0.25) is 0 Å². The van der Waals surface area contributed by atoms with Crippen molar-refractivity contribution in [1.29, 1.82) is 0 Å². The summed E-state index contributed by atoms with van der Waals surface area (Å²) in [6, 6.07) is 5.28. The van der Waals surface area contributed by atoms with Gasteiger partial charge in [-0.25, -0.2) is 0 Å². The first kappa shape index (κ1) is 11.6. The summed E-state index contributed by atoms with van der Waals surface area (Å²) in [4.78, 5) is 11.7. The van der Waals surface area contributed by atoms with Gasteiger partial charge < -0.3 is 5.32 Å². The molecule has 0 atom stereocenters. The van der Waals surface area contributed by atoms with Crippen LogP contribution in [0.3, 0.4) is 0 Å². The zero-order valence-electron chi connectivity index (χ0n) is 9.08. The molecular weight excluding hydrogens is 185 g/mol. The minimum Gasteiger partial charge on any atom is -0.349 e. The van der Waals surface area contributed by atoms with Crippen molar-refractivity contribution in [3.63, 3.8) is 0 Å². The summed E-state index contributed by atoms with van der Waals surface area (Å²) in [6.07, 6.45) is 3.79. The third kappa shape index (κ3) is 3.28. The molecule has 1 amide bonds. The van der Waals surface area contributed by atoms with Gasteiger partial charge in [-0.1, -0.05) is 29.7 Å². The molecule has 1 aromatic carbocycles. The normalized spacial score (nSPS) is 10.5. The number of carbonyl (C=O) groups excluding carboxylic acids is 1. The molecule has 15 heavy (non-hydrogen) atoms. The zero-order valence-corrected chi connectivity index (χ0v) is 9.08. The third-order valence-electron chi connectivity index (χ3n) is 2.11. The average Bonchev–Trinajstić information content (AvgIpc) is 2.17. The smallest absolute Gasteiger partial charge is 0.251 e. The fourth-order valence-corrected chi connectivity index (χ4v) is 1.31. The summed E-state index contributed by atoms with van der Waals surface area (Å²) in [5.74, 6) is -0.0643. The second kappa shape index (κ2) is 5.39. The van der Waals surface area contributed by atoms with E-state index in [9.17, 15) is 4.79 Å². The lowest BCUT2D eigenvalue weighted by molar-refractivity contribution is 0.0957. The Bertz CT molecular complexity index is 385. The minimum absolute atomic E-state index is 0.0643. The first-order valence-electron chi connectivity index (χ1n) is 4.90. The molecule has 1 N–H and O–H groups in total. The van der Waals surface area contributed by atoms with Crippen molar-refractivity contribution in [3.8, 4) is 0 Å². The Kier molecular flexibility index (Phi) is 4.16. The average molecular weight is 199 g/mol. The van der Waals surface area contributed by atoms with Crippen molar-refractivity contribution in [3.05, 3.63) is 41.5 Å². The predicted molar refractivity (Wildman–Crippen MR) is 63.7 cm³/mol. The van der Waals surface area contributed by atoms with Gasteiger partial charge in [-0.2, -0.15) is 0 Å². The zero-order chi connectivity index (χ0) is 11.3. The number of hydrogen-bond acceptors (Lipinski definition) is 1. The second-order valence-electron chi connectivity index (χ2n) is 3.35. The van der Waals surface area contributed by atoms with Crippen LogP contribution in [0.1, 0.15) is 22.8 Å². The van der Waals surface area contributed by atoms with Crippen LogP contribution in [0.4, 0.5) is 0 Å². The molecule has 2 nitrogen and oxygen atoms in total. The van der Waals surface area contributed by atoms with Crippen LogP contribution in [-0.2, 0) is 0 Å². The van der Waals surface area contributed by atoms with Crippen LogP contribution < -0.4 is 10.8 Å². The maximum Gasteiger partial charge on any atom is 0.251 e. The predicted octanol–water partition coefficient (Wildman–Crippen LogP) is 1.09. The monoisotopic (exact) mass is 199 g/mol. The number of carbonyl (C=O) groups is 1. The fourth-order valence-electron chi connectivity index (χ4n) is 1.31. The van der Waals surface area contributed by atoms with Crippen LogP contribution in [0.2, 0.25) is 0 Å². The summed E-state index contributed by atoms with van der Waals surface area (Å²) in [5.41, 5.74) is 2.25. The number of benzene rings is 1. The number of hydrogen-bond donors (Lipinski definition) is 1. The molecule has 0 bridgehead atoms. The van der Waals surface area contributed by atoms with Gasteiger partial charge in [0.25, 0.3) is 5.91 Å². The topological polar surface area (TPSA) is 29.1 Å². The van der Waals surface area contributed by atoms with Crippen LogP contribution in [-0.4, -0.2) is 20.3 Å². The van der Waals surface area contributed by atoms with Crippen molar-refractivity contribution in [2.24, 2.45) is 0 Å². The van der Waals surface area contributed by atoms with Crippen LogP contribution in [0, 0.1) is 6.92 Å². The Labute approximate surface area is 91.8 Å². The summed E-state index contributed by atoms with van der Waals surface area (Å²) >= 11 is 0. The van der Waals surface area contributed by atoms with E-state index < -0.39 is 0 Å². The van der Waals surface area contributed by atoms with Gasteiger partial charge in [0.05, 0.1) is 0 Å². The molecule has 0 spiro atoms. The molecule has 0 aliphatic carbocycles.